The van der Waals surface area contributed by atoms with Gasteiger partial charge in [-0.1, -0.05) is 36.4 Å². The van der Waals surface area contributed by atoms with Crippen LogP contribution in [0.15, 0.2) is 43.0 Å². The van der Waals surface area contributed by atoms with Gasteiger partial charge in [-0.25, -0.2) is 0 Å². The van der Waals surface area contributed by atoms with E-state index < -0.39 is 0 Å². The van der Waals surface area contributed by atoms with Gasteiger partial charge in [0.1, 0.15) is 0 Å². The number of carbonyl (C=O) groups excluding carboxylic acids is 1. The van der Waals surface area contributed by atoms with Crippen molar-refractivity contribution in [2.75, 3.05) is 20.2 Å². The SMILES string of the molecule is C=C[C@H](CC(=O)N[C@@H]1CNC[C@@H]1OC)c1ccccc1. The highest BCUT2D eigenvalue weighted by Crippen LogP contribution is 2.20. The van der Waals surface area contributed by atoms with Crippen LogP contribution in [0, 0.1) is 0 Å². The van der Waals surface area contributed by atoms with Gasteiger partial charge >= 0.3 is 0 Å². The fourth-order valence-corrected chi connectivity index (χ4v) is 2.55. The summed E-state index contributed by atoms with van der Waals surface area (Å²) in [6.45, 7) is 5.38. The molecule has 1 aliphatic heterocycles. The molecule has 4 heteroatoms. The number of ether oxygens (including phenoxy) is 1. The summed E-state index contributed by atoms with van der Waals surface area (Å²) in [6.07, 6.45) is 2.30. The molecular formula is C16H22N2O2. The summed E-state index contributed by atoms with van der Waals surface area (Å²) in [6, 6.07) is 10.0. The highest BCUT2D eigenvalue weighted by molar-refractivity contribution is 5.77. The van der Waals surface area contributed by atoms with Crippen LogP contribution in [0.1, 0.15) is 17.9 Å². The van der Waals surface area contributed by atoms with Crippen molar-refractivity contribution in [1.29, 1.82) is 0 Å². The fraction of sp³-hybridized carbons (Fsp3) is 0.438. The number of hydrogen-bond donors (Lipinski definition) is 2. The molecular weight excluding hydrogens is 252 g/mol. The minimum absolute atomic E-state index is 0.0366. The van der Waals surface area contributed by atoms with E-state index in [1.807, 2.05) is 36.4 Å². The lowest BCUT2D eigenvalue weighted by Gasteiger charge is -2.20. The Morgan fingerprint density at radius 1 is 1.50 bits per heavy atom. The Hall–Kier alpha value is -1.65. The maximum atomic E-state index is 12.2. The van der Waals surface area contributed by atoms with Crippen LogP contribution in [0.25, 0.3) is 0 Å². The summed E-state index contributed by atoms with van der Waals surface area (Å²) >= 11 is 0. The molecule has 0 bridgehead atoms. The van der Waals surface area contributed by atoms with Gasteiger partial charge in [0.2, 0.25) is 5.91 Å². The van der Waals surface area contributed by atoms with E-state index in [0.717, 1.165) is 18.7 Å². The number of benzene rings is 1. The molecule has 108 valence electrons. The first-order valence-electron chi connectivity index (χ1n) is 6.95. The summed E-state index contributed by atoms with van der Waals surface area (Å²) in [7, 11) is 1.67. The second kappa shape index (κ2) is 7.22. The highest BCUT2D eigenvalue weighted by atomic mass is 16.5. The monoisotopic (exact) mass is 274 g/mol. The number of hydrogen-bond acceptors (Lipinski definition) is 3. The van der Waals surface area contributed by atoms with Crippen LogP contribution in [-0.2, 0) is 9.53 Å². The van der Waals surface area contributed by atoms with Crippen molar-refractivity contribution in [2.45, 2.75) is 24.5 Å². The summed E-state index contributed by atoms with van der Waals surface area (Å²) in [5, 5.41) is 6.26. The van der Waals surface area contributed by atoms with Gasteiger partial charge in [0.15, 0.2) is 0 Å². The Bertz CT molecular complexity index is 447. The van der Waals surface area contributed by atoms with Gasteiger partial charge in [0, 0.05) is 32.5 Å². The van der Waals surface area contributed by atoms with E-state index in [-0.39, 0.29) is 24.0 Å². The van der Waals surface area contributed by atoms with Gasteiger partial charge in [-0.2, -0.15) is 0 Å². The molecule has 1 amide bonds. The lowest BCUT2D eigenvalue weighted by Crippen LogP contribution is -2.43. The second-order valence-corrected chi connectivity index (χ2v) is 5.06. The zero-order chi connectivity index (χ0) is 14.4. The predicted molar refractivity (Wildman–Crippen MR) is 79.6 cm³/mol. The molecule has 2 N–H and O–H groups in total. The number of carbonyl (C=O) groups is 1. The molecule has 3 atom stereocenters. The molecule has 1 heterocycles. The van der Waals surface area contributed by atoms with Gasteiger partial charge in [0.25, 0.3) is 0 Å². The van der Waals surface area contributed by atoms with Crippen LogP contribution < -0.4 is 10.6 Å². The van der Waals surface area contributed by atoms with Crippen LogP contribution in [0.4, 0.5) is 0 Å². The van der Waals surface area contributed by atoms with E-state index >= 15 is 0 Å². The number of allylic oxidation sites excluding steroid dienone is 1. The first-order chi connectivity index (χ1) is 9.74. The standard InChI is InChI=1S/C16H22N2O2/c1-3-12(13-7-5-4-6-8-13)9-16(19)18-14-10-17-11-15(14)20-2/h3-8,12,14-15,17H,1,9-11H2,2H3,(H,18,19)/t12-,14-,15+/m1/s1. The highest BCUT2D eigenvalue weighted by Gasteiger charge is 2.28. The topological polar surface area (TPSA) is 50.4 Å². The van der Waals surface area contributed by atoms with Gasteiger partial charge in [-0.15, -0.1) is 6.58 Å². The molecule has 1 fully saturated rings. The lowest BCUT2D eigenvalue weighted by atomic mass is 9.95. The largest absolute Gasteiger partial charge is 0.378 e. The van der Waals surface area contributed by atoms with Gasteiger partial charge in [0.05, 0.1) is 12.1 Å². The van der Waals surface area contributed by atoms with Crippen molar-refractivity contribution in [3.63, 3.8) is 0 Å². The summed E-state index contributed by atoms with van der Waals surface area (Å²) in [5.41, 5.74) is 1.12. The summed E-state index contributed by atoms with van der Waals surface area (Å²) in [5.74, 6) is 0.0843. The first kappa shape index (κ1) is 14.8. The Labute approximate surface area is 120 Å². The molecule has 0 spiro atoms. The maximum Gasteiger partial charge on any atom is 0.221 e. The minimum Gasteiger partial charge on any atom is -0.378 e. The van der Waals surface area contributed by atoms with Crippen LogP contribution in [-0.4, -0.2) is 38.3 Å². The molecule has 0 aliphatic carbocycles. The predicted octanol–water partition coefficient (Wildman–Crippen LogP) is 1.45. The average Bonchev–Trinajstić information content (AvgIpc) is 2.92. The number of nitrogens with one attached hydrogen (secondary N) is 2. The number of rotatable bonds is 6. The van der Waals surface area contributed by atoms with Crippen molar-refractivity contribution in [3.05, 3.63) is 48.6 Å². The van der Waals surface area contributed by atoms with E-state index in [2.05, 4.69) is 17.2 Å². The third-order valence-corrected chi connectivity index (χ3v) is 3.73. The van der Waals surface area contributed by atoms with Gasteiger partial charge in [-0.3, -0.25) is 4.79 Å². The molecule has 0 saturated carbocycles. The van der Waals surface area contributed by atoms with Crippen molar-refractivity contribution in [2.24, 2.45) is 0 Å². The second-order valence-electron chi connectivity index (χ2n) is 5.06. The van der Waals surface area contributed by atoms with Crippen LogP contribution in [0.5, 0.6) is 0 Å². The zero-order valence-electron chi connectivity index (χ0n) is 11.8. The van der Waals surface area contributed by atoms with Crippen LogP contribution in [0.3, 0.4) is 0 Å². The maximum absolute atomic E-state index is 12.2. The molecule has 0 radical (unpaired) electrons. The molecule has 1 aromatic rings. The van der Waals surface area contributed by atoms with Crippen molar-refractivity contribution < 1.29 is 9.53 Å². The summed E-state index contributed by atoms with van der Waals surface area (Å²) in [4.78, 5) is 12.2. The van der Waals surface area contributed by atoms with E-state index in [1.165, 1.54) is 0 Å². The molecule has 1 aliphatic rings. The Morgan fingerprint density at radius 3 is 2.90 bits per heavy atom. The molecule has 2 rings (SSSR count). The first-order valence-corrected chi connectivity index (χ1v) is 6.95. The fourth-order valence-electron chi connectivity index (χ4n) is 2.55. The summed E-state index contributed by atoms with van der Waals surface area (Å²) < 4.78 is 5.34. The van der Waals surface area contributed by atoms with Crippen molar-refractivity contribution in [1.82, 2.24) is 10.6 Å². The van der Waals surface area contributed by atoms with Crippen molar-refractivity contribution in [3.8, 4) is 0 Å². The molecule has 4 nitrogen and oxygen atoms in total. The number of amides is 1. The lowest BCUT2D eigenvalue weighted by molar-refractivity contribution is -0.122. The number of methoxy groups -OCH3 is 1. The van der Waals surface area contributed by atoms with Crippen molar-refractivity contribution >= 4 is 5.91 Å². The van der Waals surface area contributed by atoms with E-state index in [4.69, 9.17) is 4.74 Å². The third-order valence-electron chi connectivity index (χ3n) is 3.73. The molecule has 20 heavy (non-hydrogen) atoms. The average molecular weight is 274 g/mol. The Morgan fingerprint density at radius 2 is 2.25 bits per heavy atom. The van der Waals surface area contributed by atoms with Crippen LogP contribution in [0.2, 0.25) is 0 Å². The molecule has 0 aromatic heterocycles. The zero-order valence-corrected chi connectivity index (χ0v) is 11.8. The van der Waals surface area contributed by atoms with Crippen LogP contribution >= 0.6 is 0 Å². The quantitative estimate of drug-likeness (QED) is 0.772. The normalized spacial score (nSPS) is 23.2. The molecule has 1 saturated heterocycles. The Kier molecular flexibility index (Phi) is 5.32. The molecule has 1 aromatic carbocycles. The Balaban J connectivity index is 1.91. The van der Waals surface area contributed by atoms with Gasteiger partial charge < -0.3 is 15.4 Å². The molecule has 0 unspecified atom stereocenters. The van der Waals surface area contributed by atoms with E-state index in [9.17, 15) is 4.79 Å². The van der Waals surface area contributed by atoms with E-state index in [1.54, 1.807) is 7.11 Å². The van der Waals surface area contributed by atoms with Gasteiger partial charge in [-0.05, 0) is 5.56 Å². The minimum atomic E-state index is 0.0366. The third kappa shape index (κ3) is 3.68. The smallest absolute Gasteiger partial charge is 0.221 e. The van der Waals surface area contributed by atoms with E-state index in [0.29, 0.717) is 6.42 Å².